The van der Waals surface area contributed by atoms with E-state index in [4.69, 9.17) is 26.7 Å². The number of nitrogens with zero attached hydrogens (tertiary/aromatic N) is 4. The van der Waals surface area contributed by atoms with Crippen LogP contribution in [0.5, 0.6) is 0 Å². The second kappa shape index (κ2) is 12.5. The van der Waals surface area contributed by atoms with Gasteiger partial charge in [0, 0.05) is 35.7 Å². The summed E-state index contributed by atoms with van der Waals surface area (Å²) in [6, 6.07) is 25.2. The van der Waals surface area contributed by atoms with Crippen LogP contribution in [-0.4, -0.2) is 44.9 Å². The van der Waals surface area contributed by atoms with Crippen LogP contribution in [0.25, 0.3) is 22.3 Å². The van der Waals surface area contributed by atoms with Gasteiger partial charge in [-0.3, -0.25) is 9.59 Å². The molecule has 0 aliphatic carbocycles. The zero-order chi connectivity index (χ0) is 28.8. The van der Waals surface area contributed by atoms with Crippen LogP contribution < -0.4 is 0 Å². The number of fused-ring (bicyclic) bond motifs is 1. The van der Waals surface area contributed by atoms with E-state index in [9.17, 15) is 14.9 Å². The van der Waals surface area contributed by atoms with Gasteiger partial charge in [-0.25, -0.2) is 9.97 Å². The second-order valence-electron chi connectivity index (χ2n) is 10.5. The van der Waals surface area contributed by atoms with Crippen molar-refractivity contribution in [3.8, 4) is 17.3 Å². The molecule has 0 spiro atoms. The van der Waals surface area contributed by atoms with Gasteiger partial charge in [-0.05, 0) is 74.4 Å². The first kappa shape index (κ1) is 28.3. The zero-order valence-electron chi connectivity index (χ0n) is 22.7. The molecule has 0 bridgehead atoms. The summed E-state index contributed by atoms with van der Waals surface area (Å²) >= 11 is 6.10. The molecule has 0 saturated carbocycles. The van der Waals surface area contributed by atoms with Crippen LogP contribution in [0, 0.1) is 11.3 Å². The number of aliphatic carboxylic acids is 1. The minimum absolute atomic E-state index is 0.0831. The number of aromatic nitrogens is 2. The largest absolute Gasteiger partial charge is 0.481 e. The Morgan fingerprint density at radius 3 is 2.46 bits per heavy atom. The highest BCUT2D eigenvalue weighted by molar-refractivity contribution is 6.30. The van der Waals surface area contributed by atoms with Crippen molar-refractivity contribution in [3.05, 3.63) is 94.6 Å². The van der Waals surface area contributed by atoms with Crippen LogP contribution in [0.2, 0.25) is 5.02 Å². The van der Waals surface area contributed by atoms with Gasteiger partial charge >= 0.3 is 5.97 Å². The smallest absolute Gasteiger partial charge is 0.303 e. The van der Waals surface area contributed by atoms with Gasteiger partial charge in [0.15, 0.2) is 0 Å². The number of benzene rings is 3. The van der Waals surface area contributed by atoms with Gasteiger partial charge < -0.3 is 10.0 Å². The summed E-state index contributed by atoms with van der Waals surface area (Å²) in [5.41, 5.74) is 4.59. The first-order valence-electron chi connectivity index (χ1n) is 13.9. The summed E-state index contributed by atoms with van der Waals surface area (Å²) in [6.07, 6.45) is 3.89. The number of carboxylic acids is 1. The predicted molar refractivity (Wildman–Crippen MR) is 159 cm³/mol. The van der Waals surface area contributed by atoms with Crippen molar-refractivity contribution >= 4 is 34.5 Å². The third kappa shape index (κ3) is 6.39. The van der Waals surface area contributed by atoms with E-state index < -0.39 is 11.4 Å². The van der Waals surface area contributed by atoms with E-state index in [0.29, 0.717) is 66.8 Å². The van der Waals surface area contributed by atoms with Crippen LogP contribution in [0.4, 0.5) is 0 Å². The topological polar surface area (TPSA) is 107 Å². The highest BCUT2D eigenvalue weighted by Crippen LogP contribution is 2.35. The molecule has 4 aromatic rings. The molecule has 1 aliphatic rings. The summed E-state index contributed by atoms with van der Waals surface area (Å²) < 4.78 is 0. The molecule has 41 heavy (non-hydrogen) atoms. The van der Waals surface area contributed by atoms with Crippen LogP contribution in [0.15, 0.2) is 72.8 Å². The molecule has 2 heterocycles. The summed E-state index contributed by atoms with van der Waals surface area (Å²) in [5.74, 6) is -0.903. The Morgan fingerprint density at radius 1 is 0.951 bits per heavy atom. The fraction of sp³-hybridized carbons (Fsp3) is 0.303. The Hall–Kier alpha value is -4.28. The number of carboxylic acid groups (broad SMARTS) is 1. The van der Waals surface area contributed by atoms with Gasteiger partial charge in [-0.15, -0.1) is 0 Å². The molecular formula is C33H31ClN4O3. The first-order chi connectivity index (χ1) is 19.9. The van der Waals surface area contributed by atoms with Crippen molar-refractivity contribution in [2.45, 2.75) is 50.4 Å². The molecule has 1 unspecified atom stereocenters. The molecule has 1 saturated heterocycles. The molecule has 1 amide bonds. The number of rotatable bonds is 8. The molecule has 1 aromatic heterocycles. The van der Waals surface area contributed by atoms with Crippen molar-refractivity contribution in [2.24, 2.45) is 0 Å². The molecule has 1 aliphatic heterocycles. The number of hydrogen-bond donors (Lipinski definition) is 1. The molecule has 1 N–H and O–H groups in total. The van der Waals surface area contributed by atoms with Crippen LogP contribution in [-0.2, 0) is 16.6 Å². The lowest BCUT2D eigenvalue weighted by atomic mass is 9.76. The Kier molecular flexibility index (Phi) is 8.61. The lowest BCUT2D eigenvalue weighted by Crippen LogP contribution is -2.33. The molecule has 5 rings (SSSR count). The van der Waals surface area contributed by atoms with Gasteiger partial charge in [-0.2, -0.15) is 5.26 Å². The number of likely N-dealkylation sites (tertiary alicyclic amines) is 1. The normalized spacial score (nSPS) is 17.1. The highest BCUT2D eigenvalue weighted by Gasteiger charge is 2.35. The number of aryl methyl sites for hydroxylation is 1. The SMILES string of the molecule is N#CC1(c2ccccc2)CCCN(C(=O)c2ccc3nc(-c4ccc(Cl)cc4)c(CCCCC(=O)O)nc3c2)CC1. The van der Waals surface area contributed by atoms with Gasteiger partial charge in [0.2, 0.25) is 0 Å². The quantitative estimate of drug-likeness (QED) is 0.234. The average Bonchev–Trinajstić information content (AvgIpc) is 3.23. The average molecular weight is 567 g/mol. The molecule has 0 radical (unpaired) electrons. The van der Waals surface area contributed by atoms with E-state index in [1.54, 1.807) is 24.3 Å². The van der Waals surface area contributed by atoms with E-state index in [1.807, 2.05) is 53.4 Å². The predicted octanol–water partition coefficient (Wildman–Crippen LogP) is 6.84. The van der Waals surface area contributed by atoms with E-state index >= 15 is 0 Å². The van der Waals surface area contributed by atoms with E-state index in [2.05, 4.69) is 6.07 Å². The Balaban J connectivity index is 1.41. The van der Waals surface area contributed by atoms with Crippen LogP contribution in [0.3, 0.4) is 0 Å². The third-order valence-electron chi connectivity index (χ3n) is 7.82. The van der Waals surface area contributed by atoms with Crippen molar-refractivity contribution in [3.63, 3.8) is 0 Å². The summed E-state index contributed by atoms with van der Waals surface area (Å²) in [6.45, 7) is 1.08. The number of hydrogen-bond acceptors (Lipinski definition) is 5. The van der Waals surface area contributed by atoms with Crippen molar-refractivity contribution in [2.75, 3.05) is 13.1 Å². The monoisotopic (exact) mass is 566 g/mol. The Labute approximate surface area is 244 Å². The fourth-order valence-corrected chi connectivity index (χ4v) is 5.67. The van der Waals surface area contributed by atoms with Gasteiger partial charge in [0.05, 0.1) is 33.9 Å². The van der Waals surface area contributed by atoms with E-state index in [-0.39, 0.29) is 12.3 Å². The first-order valence-corrected chi connectivity index (χ1v) is 14.3. The van der Waals surface area contributed by atoms with Gasteiger partial charge in [0.1, 0.15) is 0 Å². The fourth-order valence-electron chi connectivity index (χ4n) is 5.55. The van der Waals surface area contributed by atoms with Crippen molar-refractivity contribution in [1.29, 1.82) is 5.26 Å². The van der Waals surface area contributed by atoms with Crippen LogP contribution >= 0.6 is 11.6 Å². The molecule has 208 valence electrons. The molecule has 7 nitrogen and oxygen atoms in total. The standard InChI is InChI=1S/C33H31ClN4O3/c34-26-14-11-23(12-15-26)31-28(9-4-5-10-30(39)40)36-29-21-24(13-16-27(29)37-31)32(41)38-19-6-17-33(22-35,18-20-38)25-7-2-1-3-8-25/h1-3,7-8,11-16,21H,4-6,9-10,17-20H2,(H,39,40). The maximum atomic E-state index is 13.6. The number of unbranched alkanes of at least 4 members (excludes halogenated alkanes) is 1. The maximum Gasteiger partial charge on any atom is 0.303 e. The minimum atomic E-state index is -0.819. The lowest BCUT2D eigenvalue weighted by molar-refractivity contribution is -0.137. The number of carbonyl (C=O) groups is 2. The number of halogens is 1. The summed E-state index contributed by atoms with van der Waals surface area (Å²) in [7, 11) is 0. The summed E-state index contributed by atoms with van der Waals surface area (Å²) in [5, 5.41) is 19.8. The van der Waals surface area contributed by atoms with Gasteiger partial charge in [0.25, 0.3) is 5.91 Å². The number of carbonyl (C=O) groups excluding carboxylic acids is 1. The minimum Gasteiger partial charge on any atom is -0.481 e. The molecule has 3 aromatic carbocycles. The van der Waals surface area contributed by atoms with Crippen molar-refractivity contribution in [1.82, 2.24) is 14.9 Å². The Morgan fingerprint density at radius 2 is 1.73 bits per heavy atom. The van der Waals surface area contributed by atoms with E-state index in [1.165, 1.54) is 0 Å². The molecule has 8 heteroatoms. The number of amides is 1. The summed E-state index contributed by atoms with van der Waals surface area (Å²) in [4.78, 5) is 36.3. The zero-order valence-corrected chi connectivity index (χ0v) is 23.5. The molecule has 1 fully saturated rings. The van der Waals surface area contributed by atoms with E-state index in [0.717, 1.165) is 28.9 Å². The Bertz CT molecular complexity index is 1600. The lowest BCUT2D eigenvalue weighted by Gasteiger charge is -2.26. The number of nitriles is 1. The van der Waals surface area contributed by atoms with Crippen molar-refractivity contribution < 1.29 is 14.7 Å². The molecule has 1 atom stereocenters. The van der Waals surface area contributed by atoms with Crippen LogP contribution in [0.1, 0.15) is 60.1 Å². The highest BCUT2D eigenvalue weighted by atomic mass is 35.5. The molecular weight excluding hydrogens is 536 g/mol. The van der Waals surface area contributed by atoms with Gasteiger partial charge in [-0.1, -0.05) is 54.1 Å². The third-order valence-corrected chi connectivity index (χ3v) is 8.07. The maximum absolute atomic E-state index is 13.6. The second-order valence-corrected chi connectivity index (χ2v) is 11.0.